The van der Waals surface area contributed by atoms with Crippen LogP contribution in [0.25, 0.3) is 0 Å². The van der Waals surface area contributed by atoms with Gasteiger partial charge in [-0.3, -0.25) is 10.1 Å². The van der Waals surface area contributed by atoms with Gasteiger partial charge in [-0.1, -0.05) is 23.7 Å². The van der Waals surface area contributed by atoms with Crippen LogP contribution in [0.2, 0.25) is 5.02 Å². The molecule has 7 heteroatoms. The van der Waals surface area contributed by atoms with Gasteiger partial charge in [0.1, 0.15) is 12.3 Å². The fourth-order valence-electron chi connectivity index (χ4n) is 3.06. The minimum Gasteiger partial charge on any atom is -0.457 e. The quantitative estimate of drug-likeness (QED) is 0.434. The summed E-state index contributed by atoms with van der Waals surface area (Å²) in [7, 11) is 0. The van der Waals surface area contributed by atoms with Crippen molar-refractivity contribution in [3.8, 4) is 0 Å². The Hall–Kier alpha value is -2.60. The second kappa shape index (κ2) is 8.19. The zero-order chi connectivity index (χ0) is 18.5. The van der Waals surface area contributed by atoms with Crippen molar-refractivity contribution in [3.05, 3.63) is 68.7 Å². The third kappa shape index (κ3) is 4.32. The molecule has 0 unspecified atom stereocenters. The molecule has 26 heavy (non-hydrogen) atoms. The van der Waals surface area contributed by atoms with Crippen molar-refractivity contribution in [2.24, 2.45) is 0 Å². The van der Waals surface area contributed by atoms with Crippen LogP contribution in [0.5, 0.6) is 0 Å². The van der Waals surface area contributed by atoms with Gasteiger partial charge in [0, 0.05) is 24.2 Å². The SMILES string of the molecule is O=C(OCc1cccc(Cl)c1)c1ccc(N2CCCCC2)c([N+](=O)[O-])c1. The number of carbonyl (C=O) groups excluding carboxylic acids is 1. The van der Waals surface area contributed by atoms with Crippen LogP contribution in [-0.4, -0.2) is 24.0 Å². The summed E-state index contributed by atoms with van der Waals surface area (Å²) >= 11 is 5.90. The molecule has 1 aliphatic rings. The summed E-state index contributed by atoms with van der Waals surface area (Å²) < 4.78 is 5.26. The van der Waals surface area contributed by atoms with Crippen molar-refractivity contribution in [1.29, 1.82) is 0 Å². The van der Waals surface area contributed by atoms with Crippen LogP contribution in [0.1, 0.15) is 35.2 Å². The normalized spacial score (nSPS) is 14.1. The Labute approximate surface area is 156 Å². The van der Waals surface area contributed by atoms with Crippen LogP contribution in [0, 0.1) is 10.1 Å². The second-order valence-corrected chi connectivity index (χ2v) is 6.65. The number of piperidine rings is 1. The lowest BCUT2D eigenvalue weighted by Crippen LogP contribution is -2.30. The highest BCUT2D eigenvalue weighted by atomic mass is 35.5. The predicted octanol–water partition coefficient (Wildman–Crippen LogP) is 4.60. The molecule has 0 N–H and O–H groups in total. The molecule has 0 spiro atoms. The van der Waals surface area contributed by atoms with E-state index in [-0.39, 0.29) is 17.9 Å². The molecule has 1 fully saturated rings. The summed E-state index contributed by atoms with van der Waals surface area (Å²) in [5.41, 5.74) is 1.41. The highest BCUT2D eigenvalue weighted by Crippen LogP contribution is 2.31. The molecule has 6 nitrogen and oxygen atoms in total. The molecule has 2 aromatic carbocycles. The van der Waals surface area contributed by atoms with E-state index in [1.807, 2.05) is 4.90 Å². The van der Waals surface area contributed by atoms with Crippen LogP contribution in [0.15, 0.2) is 42.5 Å². The number of halogens is 1. The lowest BCUT2D eigenvalue weighted by molar-refractivity contribution is -0.384. The average molecular weight is 375 g/mol. The lowest BCUT2D eigenvalue weighted by Gasteiger charge is -2.28. The van der Waals surface area contributed by atoms with E-state index in [0.717, 1.165) is 37.9 Å². The Morgan fingerprint density at radius 1 is 1.15 bits per heavy atom. The lowest BCUT2D eigenvalue weighted by atomic mass is 10.1. The fraction of sp³-hybridized carbons (Fsp3) is 0.316. The van der Waals surface area contributed by atoms with Gasteiger partial charge in [-0.25, -0.2) is 4.79 Å². The molecule has 1 heterocycles. The molecule has 0 aromatic heterocycles. The number of ether oxygens (including phenoxy) is 1. The van der Waals surface area contributed by atoms with E-state index in [0.29, 0.717) is 10.7 Å². The van der Waals surface area contributed by atoms with Gasteiger partial charge in [0.2, 0.25) is 0 Å². The summed E-state index contributed by atoms with van der Waals surface area (Å²) in [6.45, 7) is 1.64. The van der Waals surface area contributed by atoms with Crippen LogP contribution in [0.4, 0.5) is 11.4 Å². The fourth-order valence-corrected chi connectivity index (χ4v) is 3.27. The van der Waals surface area contributed by atoms with Gasteiger partial charge in [-0.2, -0.15) is 0 Å². The number of hydrogen-bond donors (Lipinski definition) is 0. The summed E-state index contributed by atoms with van der Waals surface area (Å²) in [5, 5.41) is 12.0. The number of carbonyl (C=O) groups is 1. The zero-order valence-corrected chi connectivity index (χ0v) is 14.9. The number of nitro benzene ring substituents is 1. The molecule has 0 bridgehead atoms. The van der Waals surface area contributed by atoms with E-state index in [9.17, 15) is 14.9 Å². The standard InChI is InChI=1S/C19H19ClN2O4/c20-16-6-4-5-14(11-16)13-26-19(23)15-7-8-17(18(12-15)22(24)25)21-9-2-1-3-10-21/h4-8,11-12H,1-3,9-10,13H2. The van der Waals surface area contributed by atoms with Gasteiger partial charge < -0.3 is 9.64 Å². The van der Waals surface area contributed by atoms with Crippen molar-refractivity contribution in [3.63, 3.8) is 0 Å². The number of esters is 1. The first-order valence-corrected chi connectivity index (χ1v) is 8.87. The molecular formula is C19H19ClN2O4. The minimum absolute atomic E-state index is 0.0566. The van der Waals surface area contributed by atoms with Crippen LogP contribution in [0.3, 0.4) is 0 Å². The Morgan fingerprint density at radius 2 is 1.92 bits per heavy atom. The Kier molecular flexibility index (Phi) is 5.73. The maximum Gasteiger partial charge on any atom is 0.338 e. The summed E-state index contributed by atoms with van der Waals surface area (Å²) in [4.78, 5) is 25.3. The Morgan fingerprint density at radius 3 is 2.62 bits per heavy atom. The van der Waals surface area contributed by atoms with Gasteiger partial charge in [-0.15, -0.1) is 0 Å². The minimum atomic E-state index is -0.599. The smallest absolute Gasteiger partial charge is 0.338 e. The first-order valence-electron chi connectivity index (χ1n) is 8.49. The van der Waals surface area contributed by atoms with E-state index in [1.54, 1.807) is 36.4 Å². The molecule has 1 saturated heterocycles. The van der Waals surface area contributed by atoms with Gasteiger partial charge in [-0.05, 0) is 49.1 Å². The van der Waals surface area contributed by atoms with Crippen LogP contribution < -0.4 is 4.90 Å². The number of nitro groups is 1. The van der Waals surface area contributed by atoms with Crippen molar-refractivity contribution >= 4 is 28.9 Å². The van der Waals surface area contributed by atoms with E-state index < -0.39 is 10.9 Å². The van der Waals surface area contributed by atoms with Gasteiger partial charge in [0.15, 0.2) is 0 Å². The summed E-state index contributed by atoms with van der Waals surface area (Å²) in [6, 6.07) is 11.5. The van der Waals surface area contributed by atoms with Crippen molar-refractivity contribution < 1.29 is 14.5 Å². The van der Waals surface area contributed by atoms with Crippen molar-refractivity contribution in [1.82, 2.24) is 0 Å². The monoisotopic (exact) mass is 374 g/mol. The van der Waals surface area contributed by atoms with Gasteiger partial charge in [0.25, 0.3) is 5.69 Å². The van der Waals surface area contributed by atoms with E-state index >= 15 is 0 Å². The third-order valence-electron chi connectivity index (χ3n) is 4.36. The highest BCUT2D eigenvalue weighted by Gasteiger charge is 2.23. The first-order chi connectivity index (χ1) is 12.5. The summed E-state index contributed by atoms with van der Waals surface area (Å²) in [6.07, 6.45) is 3.17. The molecule has 0 saturated carbocycles. The zero-order valence-electron chi connectivity index (χ0n) is 14.2. The molecule has 2 aromatic rings. The maximum atomic E-state index is 12.3. The number of anilines is 1. The van der Waals surface area contributed by atoms with Crippen molar-refractivity contribution in [2.45, 2.75) is 25.9 Å². The van der Waals surface area contributed by atoms with Gasteiger partial charge >= 0.3 is 5.97 Å². The summed E-state index contributed by atoms with van der Waals surface area (Å²) in [5.74, 6) is -0.599. The van der Waals surface area contributed by atoms with E-state index in [1.165, 1.54) is 6.07 Å². The molecule has 136 valence electrons. The van der Waals surface area contributed by atoms with Gasteiger partial charge in [0.05, 0.1) is 10.5 Å². The third-order valence-corrected chi connectivity index (χ3v) is 4.60. The average Bonchev–Trinajstić information content (AvgIpc) is 2.66. The number of rotatable bonds is 5. The Balaban J connectivity index is 1.75. The van der Waals surface area contributed by atoms with Crippen LogP contribution in [-0.2, 0) is 11.3 Å². The Bertz CT molecular complexity index is 819. The molecule has 1 aliphatic heterocycles. The van der Waals surface area contributed by atoms with E-state index in [2.05, 4.69) is 0 Å². The molecule has 0 aliphatic carbocycles. The van der Waals surface area contributed by atoms with E-state index in [4.69, 9.17) is 16.3 Å². The first kappa shape index (κ1) is 18.2. The topological polar surface area (TPSA) is 72.7 Å². The largest absolute Gasteiger partial charge is 0.457 e. The van der Waals surface area contributed by atoms with Crippen LogP contribution >= 0.6 is 11.6 Å². The second-order valence-electron chi connectivity index (χ2n) is 6.21. The molecule has 3 rings (SSSR count). The maximum absolute atomic E-state index is 12.3. The number of hydrogen-bond acceptors (Lipinski definition) is 5. The number of benzene rings is 2. The predicted molar refractivity (Wildman–Crippen MR) is 99.7 cm³/mol. The molecule has 0 radical (unpaired) electrons. The number of nitrogens with zero attached hydrogens (tertiary/aromatic N) is 2. The van der Waals surface area contributed by atoms with Crippen molar-refractivity contribution in [2.75, 3.05) is 18.0 Å². The molecule has 0 atom stereocenters. The molecule has 0 amide bonds. The molecular weight excluding hydrogens is 356 g/mol. The highest BCUT2D eigenvalue weighted by molar-refractivity contribution is 6.30.